The van der Waals surface area contributed by atoms with E-state index < -0.39 is 27.0 Å². The first-order valence-corrected chi connectivity index (χ1v) is 6.30. The predicted molar refractivity (Wildman–Crippen MR) is 57.2 cm³/mol. The third-order valence-electron chi connectivity index (χ3n) is 1.44. The highest BCUT2D eigenvalue weighted by atomic mass is 127. The molecule has 90 valence electrons. The lowest BCUT2D eigenvalue weighted by Gasteiger charge is -2.12. The Morgan fingerprint density at radius 3 is 2.31 bits per heavy atom. The second-order valence-corrected chi connectivity index (χ2v) is 5.46. The fraction of sp³-hybridized carbons (Fsp3) is 0.143. The monoisotopic (exact) mass is 367 g/mol. The zero-order chi connectivity index (χ0) is 12.6. The summed E-state index contributed by atoms with van der Waals surface area (Å²) in [5, 5.41) is 4.75. The Balaban J connectivity index is 3.30. The molecule has 0 aliphatic carbocycles. The van der Waals surface area contributed by atoms with Gasteiger partial charge in [-0.3, -0.25) is 0 Å². The Morgan fingerprint density at radius 1 is 1.31 bits per heavy atom. The van der Waals surface area contributed by atoms with E-state index in [-0.39, 0.29) is 0 Å². The maximum Gasteiger partial charge on any atom is 0.573 e. The van der Waals surface area contributed by atoms with Gasteiger partial charge in [-0.25, -0.2) is 13.6 Å². The molecule has 0 atom stereocenters. The zero-order valence-corrected chi connectivity index (χ0v) is 10.4. The van der Waals surface area contributed by atoms with Crippen LogP contribution in [0.4, 0.5) is 13.2 Å². The number of hydrogen-bond acceptors (Lipinski definition) is 3. The minimum Gasteiger partial charge on any atom is -0.404 e. The van der Waals surface area contributed by atoms with Gasteiger partial charge in [-0.15, -0.1) is 13.2 Å². The van der Waals surface area contributed by atoms with Crippen molar-refractivity contribution >= 4 is 32.6 Å². The lowest BCUT2D eigenvalue weighted by atomic mass is 10.3. The average molecular weight is 367 g/mol. The molecule has 4 nitrogen and oxygen atoms in total. The van der Waals surface area contributed by atoms with E-state index in [1.54, 1.807) is 22.6 Å². The van der Waals surface area contributed by atoms with Crippen molar-refractivity contribution in [2.45, 2.75) is 11.3 Å². The van der Waals surface area contributed by atoms with Gasteiger partial charge in [-0.2, -0.15) is 0 Å². The summed E-state index contributed by atoms with van der Waals surface area (Å²) < 4.78 is 61.9. The second kappa shape index (κ2) is 4.37. The first kappa shape index (κ1) is 13.5. The largest absolute Gasteiger partial charge is 0.573 e. The maximum absolute atomic E-state index is 12.0. The molecule has 0 spiro atoms. The molecule has 0 saturated carbocycles. The lowest BCUT2D eigenvalue weighted by Crippen LogP contribution is -2.21. The van der Waals surface area contributed by atoms with E-state index >= 15 is 0 Å². The van der Waals surface area contributed by atoms with Crippen molar-refractivity contribution < 1.29 is 26.3 Å². The number of sulfonamides is 1. The molecule has 0 bridgehead atoms. The smallest absolute Gasteiger partial charge is 0.404 e. The van der Waals surface area contributed by atoms with Crippen LogP contribution in [0.25, 0.3) is 0 Å². The van der Waals surface area contributed by atoms with Crippen molar-refractivity contribution in [2.75, 3.05) is 0 Å². The molecule has 16 heavy (non-hydrogen) atoms. The SMILES string of the molecule is NS(=O)(=O)c1ccc(I)cc1OC(F)(F)F. The highest BCUT2D eigenvalue weighted by molar-refractivity contribution is 14.1. The van der Waals surface area contributed by atoms with E-state index in [2.05, 4.69) is 4.74 Å². The van der Waals surface area contributed by atoms with Gasteiger partial charge in [0.1, 0.15) is 4.90 Å². The molecular weight excluding hydrogens is 362 g/mol. The Bertz CT molecular complexity index is 500. The highest BCUT2D eigenvalue weighted by Gasteiger charge is 2.33. The molecule has 0 aliphatic rings. The number of rotatable bonds is 2. The van der Waals surface area contributed by atoms with Gasteiger partial charge in [0.25, 0.3) is 0 Å². The molecule has 0 fully saturated rings. The van der Waals surface area contributed by atoms with Crippen molar-refractivity contribution in [2.24, 2.45) is 5.14 Å². The number of alkyl halides is 3. The minimum atomic E-state index is -4.97. The fourth-order valence-corrected chi connectivity index (χ4v) is 2.02. The van der Waals surface area contributed by atoms with Crippen LogP contribution in [0.1, 0.15) is 0 Å². The Kier molecular flexibility index (Phi) is 3.69. The van der Waals surface area contributed by atoms with E-state index in [9.17, 15) is 21.6 Å². The number of primary sulfonamides is 1. The summed E-state index contributed by atoms with van der Waals surface area (Å²) in [5.41, 5.74) is 0. The number of benzene rings is 1. The highest BCUT2D eigenvalue weighted by Crippen LogP contribution is 2.30. The summed E-state index contributed by atoms with van der Waals surface area (Å²) >= 11 is 1.72. The van der Waals surface area contributed by atoms with Crippen LogP contribution in [0.5, 0.6) is 5.75 Å². The summed E-state index contributed by atoms with van der Waals surface area (Å²) in [6.45, 7) is 0. The van der Waals surface area contributed by atoms with Gasteiger partial charge in [0.15, 0.2) is 5.75 Å². The van der Waals surface area contributed by atoms with Gasteiger partial charge >= 0.3 is 6.36 Å². The molecule has 0 heterocycles. The molecule has 0 amide bonds. The second-order valence-electron chi connectivity index (χ2n) is 2.68. The molecule has 0 aliphatic heterocycles. The van der Waals surface area contributed by atoms with Crippen molar-refractivity contribution in [1.29, 1.82) is 0 Å². The van der Waals surface area contributed by atoms with Crippen molar-refractivity contribution in [3.8, 4) is 5.75 Å². The molecule has 1 aromatic rings. The first-order valence-electron chi connectivity index (χ1n) is 3.68. The van der Waals surface area contributed by atoms with Crippen LogP contribution >= 0.6 is 22.6 Å². The summed E-state index contributed by atoms with van der Waals surface area (Å²) in [6.07, 6.45) is -4.97. The molecule has 0 radical (unpaired) electrons. The number of halogens is 4. The van der Waals surface area contributed by atoms with Crippen LogP contribution in [0.3, 0.4) is 0 Å². The van der Waals surface area contributed by atoms with Crippen LogP contribution < -0.4 is 9.88 Å². The van der Waals surface area contributed by atoms with Crippen molar-refractivity contribution in [3.05, 3.63) is 21.8 Å². The standard InChI is InChI=1S/C7H5F3INO3S/c8-7(9,10)15-5-3-4(11)1-2-6(5)16(12,13)14/h1-3H,(H2,12,13,14). The van der Waals surface area contributed by atoms with Gasteiger partial charge in [-0.05, 0) is 40.8 Å². The summed E-state index contributed by atoms with van der Waals surface area (Å²) in [6, 6.07) is 3.20. The van der Waals surface area contributed by atoms with E-state index in [4.69, 9.17) is 5.14 Å². The molecule has 0 saturated heterocycles. The predicted octanol–water partition coefficient (Wildman–Crippen LogP) is 1.84. The van der Waals surface area contributed by atoms with Gasteiger partial charge < -0.3 is 4.74 Å². The summed E-state index contributed by atoms with van der Waals surface area (Å²) in [7, 11) is -4.25. The number of hydrogen-bond donors (Lipinski definition) is 1. The first-order chi connectivity index (χ1) is 7.09. The molecule has 0 aromatic heterocycles. The van der Waals surface area contributed by atoms with E-state index in [1.165, 1.54) is 6.07 Å². The van der Waals surface area contributed by atoms with Gasteiger partial charge in [0.2, 0.25) is 10.0 Å². The summed E-state index contributed by atoms with van der Waals surface area (Å²) in [4.78, 5) is -0.703. The van der Waals surface area contributed by atoms with Crippen LogP contribution in [0.2, 0.25) is 0 Å². The third kappa shape index (κ3) is 3.79. The Labute approximate surface area is 103 Å². The molecular formula is C7H5F3INO3S. The Hall–Kier alpha value is -0.550. The average Bonchev–Trinajstić information content (AvgIpc) is 1.97. The lowest BCUT2D eigenvalue weighted by molar-refractivity contribution is -0.275. The molecule has 9 heteroatoms. The molecule has 1 rings (SSSR count). The minimum absolute atomic E-state index is 0.393. The topological polar surface area (TPSA) is 69.4 Å². The van der Waals surface area contributed by atoms with Crippen LogP contribution in [-0.2, 0) is 10.0 Å². The van der Waals surface area contributed by atoms with Crippen molar-refractivity contribution in [3.63, 3.8) is 0 Å². The van der Waals surface area contributed by atoms with Crippen LogP contribution in [0, 0.1) is 3.57 Å². The number of ether oxygens (including phenoxy) is 1. The molecule has 1 aromatic carbocycles. The maximum atomic E-state index is 12.0. The van der Waals surface area contributed by atoms with Gasteiger partial charge in [0, 0.05) is 3.57 Å². The van der Waals surface area contributed by atoms with Crippen LogP contribution in [-0.4, -0.2) is 14.8 Å². The van der Waals surface area contributed by atoms with E-state index in [0.29, 0.717) is 3.57 Å². The van der Waals surface area contributed by atoms with Gasteiger partial charge in [0.05, 0.1) is 0 Å². The molecule has 2 N–H and O–H groups in total. The normalized spacial score (nSPS) is 12.6. The third-order valence-corrected chi connectivity index (χ3v) is 3.06. The Morgan fingerprint density at radius 2 is 1.88 bits per heavy atom. The van der Waals surface area contributed by atoms with Crippen LogP contribution in [0.15, 0.2) is 23.1 Å². The zero-order valence-electron chi connectivity index (χ0n) is 7.45. The van der Waals surface area contributed by atoms with E-state index in [1.807, 2.05) is 0 Å². The molecule has 0 unspecified atom stereocenters. The van der Waals surface area contributed by atoms with E-state index in [0.717, 1.165) is 12.1 Å². The number of nitrogens with two attached hydrogens (primary N) is 1. The van der Waals surface area contributed by atoms with Crippen molar-refractivity contribution in [1.82, 2.24) is 0 Å². The summed E-state index contributed by atoms with van der Waals surface area (Å²) in [5.74, 6) is -0.832. The van der Waals surface area contributed by atoms with Gasteiger partial charge in [-0.1, -0.05) is 0 Å². The quantitative estimate of drug-likeness (QED) is 0.812. The fourth-order valence-electron chi connectivity index (χ4n) is 0.921.